The van der Waals surface area contributed by atoms with Crippen LogP contribution >= 0.6 is 11.8 Å². The molecule has 0 aromatic heterocycles. The van der Waals surface area contributed by atoms with Crippen molar-refractivity contribution in [3.63, 3.8) is 0 Å². The molecule has 13 nitrogen and oxygen atoms in total. The second kappa shape index (κ2) is 22.6. The molecule has 2 saturated heterocycles. The zero-order chi connectivity index (χ0) is 41.6. The maximum absolute atomic E-state index is 9.20. The van der Waals surface area contributed by atoms with E-state index in [1.807, 2.05) is 7.05 Å². The summed E-state index contributed by atoms with van der Waals surface area (Å²) in [6.07, 6.45) is -1.43. The number of hydrogen-bond acceptors (Lipinski definition) is 14. The number of amidine groups is 1. The summed E-state index contributed by atoms with van der Waals surface area (Å²) < 4.78 is 10.1. The molecule has 0 saturated carbocycles. The molecule has 2 fully saturated rings. The standard InChI is InChI=1S/C21H25N3O2S.C18H22N2.C6H13NO5/c25-14-16-26-15-13-23-9-11-24(12-10-23)21-17-5-1-3-7-19(17)27-20-8-4-2-6-18(20)22-21;1-19-13-6-14-20-17-9-4-2-7-15(17)11-12-16-8-3-5-10-18(16)20;7-3-5(10)4(9)2(1-8)12-6(3)11/h1-8,25H,9-16H2;2-5,7-10,19H,6,11-14H2,1H3;2-6,8-11H,1,7H2/t;;2-,3-,4-,5-,6-/m..1/s1. The van der Waals surface area contributed by atoms with Gasteiger partial charge in [-0.2, -0.15) is 0 Å². The highest BCUT2D eigenvalue weighted by atomic mass is 32.2. The fourth-order valence-electron chi connectivity index (χ4n) is 7.60. The van der Waals surface area contributed by atoms with Gasteiger partial charge in [-0.3, -0.25) is 4.90 Å². The van der Waals surface area contributed by atoms with E-state index in [-0.39, 0.29) is 6.61 Å². The monoisotopic (exact) mass is 828 g/mol. The number of nitrogens with two attached hydrogens (primary N) is 1. The zero-order valence-electron chi connectivity index (χ0n) is 33.9. The molecule has 0 bridgehead atoms. The molecule has 4 aliphatic rings. The summed E-state index contributed by atoms with van der Waals surface area (Å²) in [5.41, 5.74) is 13.2. The molecule has 0 radical (unpaired) electrons. The molecule has 8 N–H and O–H groups in total. The Morgan fingerprint density at radius 3 is 2.07 bits per heavy atom. The van der Waals surface area contributed by atoms with Gasteiger partial charge in [0.05, 0.1) is 38.2 Å². The van der Waals surface area contributed by atoms with E-state index in [1.54, 1.807) is 11.8 Å². The van der Waals surface area contributed by atoms with E-state index in [9.17, 15) is 10.2 Å². The number of nitrogens with zero attached hydrogens (tertiary/aromatic N) is 4. The van der Waals surface area contributed by atoms with Crippen molar-refractivity contribution in [1.29, 1.82) is 0 Å². The maximum atomic E-state index is 9.20. The number of aryl methyl sites for hydroxylation is 2. The van der Waals surface area contributed by atoms with Crippen LogP contribution in [0.4, 0.5) is 17.1 Å². The molecule has 4 heterocycles. The molecule has 5 atom stereocenters. The topological polar surface area (TPSA) is 180 Å². The second-order valence-corrected chi connectivity index (χ2v) is 15.9. The summed E-state index contributed by atoms with van der Waals surface area (Å²) in [4.78, 5) is 14.9. The van der Waals surface area contributed by atoms with Crippen molar-refractivity contribution in [1.82, 2.24) is 15.1 Å². The second-order valence-electron chi connectivity index (χ2n) is 14.8. The maximum Gasteiger partial charge on any atom is 0.173 e. The first-order valence-electron chi connectivity index (χ1n) is 20.6. The first kappa shape index (κ1) is 44.6. The lowest BCUT2D eigenvalue weighted by atomic mass is 9.98. The molecule has 0 spiro atoms. The van der Waals surface area contributed by atoms with E-state index in [1.165, 1.54) is 37.9 Å². The molecule has 0 amide bonds. The lowest BCUT2D eigenvalue weighted by Crippen LogP contribution is -2.61. The van der Waals surface area contributed by atoms with Crippen molar-refractivity contribution in [2.24, 2.45) is 10.7 Å². The summed E-state index contributed by atoms with van der Waals surface area (Å²) >= 11 is 1.80. The Labute approximate surface area is 352 Å². The highest BCUT2D eigenvalue weighted by molar-refractivity contribution is 7.99. The van der Waals surface area contributed by atoms with E-state index < -0.39 is 37.3 Å². The van der Waals surface area contributed by atoms with Crippen LogP contribution in [-0.4, -0.2) is 151 Å². The smallest absolute Gasteiger partial charge is 0.173 e. The number of nitrogens with one attached hydrogen (secondary N) is 1. The van der Waals surface area contributed by atoms with Crippen molar-refractivity contribution in [3.8, 4) is 0 Å². The molecule has 4 aromatic rings. The average molecular weight is 829 g/mol. The van der Waals surface area contributed by atoms with Crippen LogP contribution in [0.25, 0.3) is 0 Å². The van der Waals surface area contributed by atoms with Crippen LogP contribution < -0.4 is 16.0 Å². The quantitative estimate of drug-likeness (QED) is 0.116. The summed E-state index contributed by atoms with van der Waals surface area (Å²) in [7, 11) is 2.02. The average Bonchev–Trinajstić information content (AvgIpc) is 3.55. The molecule has 59 heavy (non-hydrogen) atoms. The summed E-state index contributed by atoms with van der Waals surface area (Å²) in [5, 5.41) is 48.1. The van der Waals surface area contributed by atoms with Crippen LogP contribution in [0.5, 0.6) is 0 Å². The molecular formula is C45H60N6O7S. The molecule has 318 valence electrons. The lowest BCUT2D eigenvalue weighted by Gasteiger charge is -2.38. The number of piperazine rings is 1. The first-order valence-corrected chi connectivity index (χ1v) is 21.4. The van der Waals surface area contributed by atoms with Gasteiger partial charge < -0.3 is 55.9 Å². The van der Waals surface area contributed by atoms with Crippen LogP contribution in [0.15, 0.2) is 112 Å². The number of rotatable bonds is 10. The summed E-state index contributed by atoms with van der Waals surface area (Å²) in [6, 6.07) is 33.6. The summed E-state index contributed by atoms with van der Waals surface area (Å²) in [6.45, 7) is 7.66. The number of para-hydroxylation sites is 3. The molecule has 0 unspecified atom stereocenters. The number of aliphatic hydroxyl groups is 5. The molecule has 4 aromatic carbocycles. The highest BCUT2D eigenvalue weighted by Crippen LogP contribution is 2.40. The van der Waals surface area contributed by atoms with E-state index in [2.05, 4.69) is 117 Å². The van der Waals surface area contributed by atoms with Gasteiger partial charge in [-0.1, -0.05) is 78.5 Å². The van der Waals surface area contributed by atoms with Crippen LogP contribution in [0.3, 0.4) is 0 Å². The Balaban J connectivity index is 0.000000161. The Kier molecular flexibility index (Phi) is 17.1. The molecule has 0 aliphatic carbocycles. The van der Waals surface area contributed by atoms with Gasteiger partial charge in [0.2, 0.25) is 0 Å². The third kappa shape index (κ3) is 11.7. The number of anilines is 2. The number of aliphatic hydroxyl groups excluding tert-OH is 5. The molecule has 4 aliphatic heterocycles. The number of ether oxygens (including phenoxy) is 2. The van der Waals surface area contributed by atoms with E-state index in [0.717, 1.165) is 76.6 Å². The van der Waals surface area contributed by atoms with Gasteiger partial charge in [0.25, 0.3) is 0 Å². The minimum atomic E-state index is -1.35. The van der Waals surface area contributed by atoms with Crippen LogP contribution in [-0.2, 0) is 22.3 Å². The largest absolute Gasteiger partial charge is 0.394 e. The third-order valence-corrected chi connectivity index (χ3v) is 12.0. The fraction of sp³-hybridized carbons (Fsp3) is 0.444. The van der Waals surface area contributed by atoms with E-state index in [4.69, 9.17) is 35.5 Å². The van der Waals surface area contributed by atoms with E-state index in [0.29, 0.717) is 13.2 Å². The van der Waals surface area contributed by atoms with Gasteiger partial charge in [0.1, 0.15) is 24.1 Å². The zero-order valence-corrected chi connectivity index (χ0v) is 34.7. The minimum Gasteiger partial charge on any atom is -0.394 e. The molecule has 8 rings (SSSR count). The Morgan fingerprint density at radius 1 is 0.780 bits per heavy atom. The van der Waals surface area contributed by atoms with Crippen molar-refractivity contribution >= 4 is 34.7 Å². The van der Waals surface area contributed by atoms with E-state index >= 15 is 0 Å². The van der Waals surface area contributed by atoms with Crippen LogP contribution in [0, 0.1) is 0 Å². The summed E-state index contributed by atoms with van der Waals surface area (Å²) in [5.74, 6) is 1.08. The normalized spacial score (nSPS) is 22.4. The first-order chi connectivity index (χ1) is 28.8. The number of fused-ring (bicyclic) bond motifs is 4. The van der Waals surface area contributed by atoms with Crippen molar-refractivity contribution in [2.75, 3.05) is 84.2 Å². The van der Waals surface area contributed by atoms with Crippen molar-refractivity contribution in [3.05, 3.63) is 114 Å². The van der Waals surface area contributed by atoms with Gasteiger partial charge in [-0.25, -0.2) is 4.99 Å². The van der Waals surface area contributed by atoms with Gasteiger partial charge in [-0.05, 0) is 74.3 Å². The molecular weight excluding hydrogens is 769 g/mol. The lowest BCUT2D eigenvalue weighted by molar-refractivity contribution is -0.248. The van der Waals surface area contributed by atoms with Crippen molar-refractivity contribution < 1.29 is 35.0 Å². The predicted molar refractivity (Wildman–Crippen MR) is 233 cm³/mol. The van der Waals surface area contributed by atoms with Crippen LogP contribution in [0.2, 0.25) is 0 Å². The SMILES string of the molecule is CNCCCN1c2ccccc2CCc2ccccc21.N[C@@H]1[C@@H](O)[C@H](O)[C@@H](CO)O[C@H]1O.OCCOCCN1CCN(C2=Nc3ccccc3Sc3ccccc32)CC1. The Bertz CT molecular complexity index is 1880. The highest BCUT2D eigenvalue weighted by Gasteiger charge is 2.41. The predicted octanol–water partition coefficient (Wildman–Crippen LogP) is 3.13. The van der Waals surface area contributed by atoms with Gasteiger partial charge in [-0.15, -0.1) is 0 Å². The van der Waals surface area contributed by atoms with Crippen molar-refractivity contribution in [2.45, 2.75) is 59.7 Å². The number of benzene rings is 4. The Morgan fingerprint density at radius 2 is 1.41 bits per heavy atom. The van der Waals surface area contributed by atoms with Gasteiger partial charge in [0, 0.05) is 66.0 Å². The molecule has 14 heteroatoms. The van der Waals surface area contributed by atoms with Gasteiger partial charge >= 0.3 is 0 Å². The fourth-order valence-corrected chi connectivity index (χ4v) is 8.61. The number of aliphatic imine (C=N–C) groups is 1. The Hall–Kier alpha value is -3.90. The van der Waals surface area contributed by atoms with Crippen LogP contribution in [0.1, 0.15) is 23.1 Å². The van der Waals surface area contributed by atoms with Gasteiger partial charge in [0.15, 0.2) is 6.29 Å². The minimum absolute atomic E-state index is 0.0898. The number of hydrogen-bond donors (Lipinski definition) is 7. The third-order valence-electron chi connectivity index (χ3n) is 10.9.